The molecule has 0 spiro atoms. The van der Waals surface area contributed by atoms with E-state index >= 15 is 0 Å². The van der Waals surface area contributed by atoms with Gasteiger partial charge in [-0.1, -0.05) is 76.4 Å². The first-order chi connectivity index (χ1) is 9.31. The lowest BCUT2D eigenvalue weighted by Gasteiger charge is -2.03. The van der Waals surface area contributed by atoms with Crippen LogP contribution in [0.25, 0.3) is 0 Å². The molecule has 0 aromatic carbocycles. The van der Waals surface area contributed by atoms with Crippen molar-refractivity contribution >= 4 is 0 Å². The second kappa shape index (κ2) is 15.8. The van der Waals surface area contributed by atoms with Crippen molar-refractivity contribution < 1.29 is 0 Å². The van der Waals surface area contributed by atoms with Gasteiger partial charge in [-0.25, -0.2) is 0 Å². The Morgan fingerprint density at radius 1 is 0.842 bits per heavy atom. The van der Waals surface area contributed by atoms with Gasteiger partial charge in [-0.2, -0.15) is 0 Å². The van der Waals surface area contributed by atoms with Gasteiger partial charge in [0.1, 0.15) is 0 Å². The van der Waals surface area contributed by atoms with Crippen LogP contribution in [0.2, 0.25) is 0 Å². The van der Waals surface area contributed by atoms with Crippen molar-refractivity contribution in [3.8, 4) is 0 Å². The fourth-order valence-corrected chi connectivity index (χ4v) is 2.46. The largest absolute Gasteiger partial charge is 0.319 e. The summed E-state index contributed by atoms with van der Waals surface area (Å²) in [5, 5.41) is 3.19. The van der Waals surface area contributed by atoms with Gasteiger partial charge >= 0.3 is 0 Å². The highest BCUT2D eigenvalue weighted by Gasteiger charge is 1.94. The molecule has 19 heavy (non-hydrogen) atoms. The maximum Gasteiger partial charge on any atom is -0.00172 e. The summed E-state index contributed by atoms with van der Waals surface area (Å²) in [6.07, 6.45) is 19.2. The summed E-state index contributed by atoms with van der Waals surface area (Å²) in [7, 11) is 2.02. The predicted octanol–water partition coefficient (Wildman–Crippen LogP) is 5.85. The molecule has 0 amide bonds. The van der Waals surface area contributed by atoms with Crippen LogP contribution in [0.1, 0.15) is 90.9 Å². The lowest BCUT2D eigenvalue weighted by Crippen LogP contribution is -2.06. The summed E-state index contributed by atoms with van der Waals surface area (Å²) < 4.78 is 0. The standard InChI is InChI=1S/C18H37N/c1-4-5-6-7-8-9-10-11-12-13-15-18(2)16-14-17-19-3/h16,19H,4-15,17H2,1-3H3. The second-order valence-electron chi connectivity index (χ2n) is 5.87. The van der Waals surface area contributed by atoms with E-state index in [0.29, 0.717) is 0 Å². The molecule has 0 aromatic heterocycles. The first-order valence-corrected chi connectivity index (χ1v) is 8.61. The number of hydrogen-bond donors (Lipinski definition) is 1. The summed E-state index contributed by atoms with van der Waals surface area (Å²) >= 11 is 0. The Morgan fingerprint density at radius 3 is 1.89 bits per heavy atom. The minimum atomic E-state index is 1.11. The Bertz CT molecular complexity index is 196. The minimum absolute atomic E-state index is 1.11. The van der Waals surface area contributed by atoms with E-state index in [1.54, 1.807) is 5.57 Å². The van der Waals surface area contributed by atoms with Crippen LogP contribution in [0.15, 0.2) is 11.6 Å². The minimum Gasteiger partial charge on any atom is -0.319 e. The second-order valence-corrected chi connectivity index (χ2v) is 5.87. The number of allylic oxidation sites excluding steroid dienone is 1. The Kier molecular flexibility index (Phi) is 15.5. The predicted molar refractivity (Wildman–Crippen MR) is 88.8 cm³/mol. The van der Waals surface area contributed by atoms with Gasteiger partial charge in [-0.05, 0) is 39.8 Å². The Hall–Kier alpha value is -0.300. The van der Waals surface area contributed by atoms with Gasteiger partial charge in [0.15, 0.2) is 0 Å². The summed E-state index contributed by atoms with van der Waals surface area (Å²) in [6.45, 7) is 5.67. The number of unbranched alkanes of at least 4 members (excludes halogenated alkanes) is 9. The zero-order valence-electron chi connectivity index (χ0n) is 13.8. The maximum atomic E-state index is 3.19. The monoisotopic (exact) mass is 267 g/mol. The number of rotatable bonds is 14. The molecule has 114 valence electrons. The smallest absolute Gasteiger partial charge is 0.00172 e. The highest BCUT2D eigenvalue weighted by Crippen LogP contribution is 2.13. The van der Waals surface area contributed by atoms with Gasteiger partial charge in [-0.15, -0.1) is 0 Å². The molecule has 0 rings (SSSR count). The van der Waals surface area contributed by atoms with Gasteiger partial charge < -0.3 is 5.32 Å². The molecule has 0 aliphatic rings. The van der Waals surface area contributed by atoms with Crippen molar-refractivity contribution in [2.45, 2.75) is 90.9 Å². The fourth-order valence-electron chi connectivity index (χ4n) is 2.46. The SMILES string of the molecule is CCCCCCCCCCCCC(C)=CCCNC. The molecular weight excluding hydrogens is 230 g/mol. The zero-order chi connectivity index (χ0) is 14.2. The first kappa shape index (κ1) is 18.7. The van der Waals surface area contributed by atoms with Gasteiger partial charge in [0.05, 0.1) is 0 Å². The van der Waals surface area contributed by atoms with Crippen LogP contribution in [0.5, 0.6) is 0 Å². The Balaban J connectivity index is 3.15. The molecule has 0 saturated heterocycles. The van der Waals surface area contributed by atoms with E-state index < -0.39 is 0 Å². The Labute approximate surface area is 122 Å². The highest BCUT2D eigenvalue weighted by atomic mass is 14.8. The van der Waals surface area contributed by atoms with E-state index in [1.165, 1.54) is 77.0 Å². The molecule has 1 nitrogen and oxygen atoms in total. The molecule has 0 aromatic rings. The molecule has 0 radical (unpaired) electrons. The topological polar surface area (TPSA) is 12.0 Å². The molecule has 0 fully saturated rings. The first-order valence-electron chi connectivity index (χ1n) is 8.61. The van der Waals surface area contributed by atoms with Crippen molar-refractivity contribution in [2.75, 3.05) is 13.6 Å². The van der Waals surface area contributed by atoms with E-state index in [2.05, 4.69) is 25.2 Å². The van der Waals surface area contributed by atoms with Crippen molar-refractivity contribution in [1.82, 2.24) is 5.32 Å². The van der Waals surface area contributed by atoms with Crippen LogP contribution in [0, 0.1) is 0 Å². The van der Waals surface area contributed by atoms with Gasteiger partial charge in [0.25, 0.3) is 0 Å². The lowest BCUT2D eigenvalue weighted by molar-refractivity contribution is 0.556. The van der Waals surface area contributed by atoms with Gasteiger partial charge in [0.2, 0.25) is 0 Å². The molecule has 0 heterocycles. The van der Waals surface area contributed by atoms with E-state index in [4.69, 9.17) is 0 Å². The quantitative estimate of drug-likeness (QED) is 0.307. The van der Waals surface area contributed by atoms with E-state index in [-0.39, 0.29) is 0 Å². The van der Waals surface area contributed by atoms with Gasteiger partial charge in [-0.3, -0.25) is 0 Å². The molecule has 1 N–H and O–H groups in total. The number of hydrogen-bond acceptors (Lipinski definition) is 1. The third-order valence-corrected chi connectivity index (χ3v) is 3.81. The van der Waals surface area contributed by atoms with Gasteiger partial charge in [0, 0.05) is 0 Å². The normalized spacial score (nSPS) is 12.1. The maximum absolute atomic E-state index is 3.19. The molecule has 0 unspecified atom stereocenters. The van der Waals surface area contributed by atoms with E-state index in [1.807, 2.05) is 7.05 Å². The van der Waals surface area contributed by atoms with Crippen LogP contribution in [-0.4, -0.2) is 13.6 Å². The van der Waals surface area contributed by atoms with Crippen LogP contribution in [0.3, 0.4) is 0 Å². The van der Waals surface area contributed by atoms with Crippen LogP contribution >= 0.6 is 0 Å². The third kappa shape index (κ3) is 15.6. The molecule has 0 atom stereocenters. The van der Waals surface area contributed by atoms with Crippen LogP contribution < -0.4 is 5.32 Å². The zero-order valence-corrected chi connectivity index (χ0v) is 13.8. The molecule has 0 bridgehead atoms. The molecule has 0 saturated carbocycles. The van der Waals surface area contributed by atoms with Crippen molar-refractivity contribution in [3.63, 3.8) is 0 Å². The van der Waals surface area contributed by atoms with E-state index in [9.17, 15) is 0 Å². The average molecular weight is 268 g/mol. The summed E-state index contributed by atoms with van der Waals surface area (Å²) in [5.74, 6) is 0. The average Bonchev–Trinajstić information content (AvgIpc) is 2.41. The summed E-state index contributed by atoms with van der Waals surface area (Å²) in [4.78, 5) is 0. The summed E-state index contributed by atoms with van der Waals surface area (Å²) in [5.41, 5.74) is 1.58. The number of nitrogens with one attached hydrogen (secondary N) is 1. The van der Waals surface area contributed by atoms with Crippen LogP contribution in [-0.2, 0) is 0 Å². The molecule has 0 aliphatic heterocycles. The fraction of sp³-hybridized carbons (Fsp3) is 0.889. The van der Waals surface area contributed by atoms with Crippen LogP contribution in [0.4, 0.5) is 0 Å². The third-order valence-electron chi connectivity index (χ3n) is 3.81. The molecular formula is C18H37N. The summed E-state index contributed by atoms with van der Waals surface area (Å²) in [6, 6.07) is 0. The molecule has 0 aliphatic carbocycles. The van der Waals surface area contributed by atoms with Crippen molar-refractivity contribution in [1.29, 1.82) is 0 Å². The van der Waals surface area contributed by atoms with Crippen molar-refractivity contribution in [2.24, 2.45) is 0 Å². The highest BCUT2D eigenvalue weighted by molar-refractivity contribution is 4.97. The van der Waals surface area contributed by atoms with Crippen molar-refractivity contribution in [3.05, 3.63) is 11.6 Å². The lowest BCUT2D eigenvalue weighted by atomic mass is 10.0. The Morgan fingerprint density at radius 2 is 1.37 bits per heavy atom. The molecule has 1 heteroatoms. The van der Waals surface area contributed by atoms with E-state index in [0.717, 1.165) is 6.54 Å².